The molecule has 31 heavy (non-hydrogen) atoms. The van der Waals surface area contributed by atoms with Gasteiger partial charge in [0, 0.05) is 12.0 Å². The van der Waals surface area contributed by atoms with Gasteiger partial charge in [-0.05, 0) is 64.2 Å². The third-order valence-electron chi connectivity index (χ3n) is 4.04. The van der Waals surface area contributed by atoms with E-state index in [1.807, 2.05) is 6.92 Å². The predicted molar refractivity (Wildman–Crippen MR) is 122 cm³/mol. The summed E-state index contributed by atoms with van der Waals surface area (Å²) in [6.07, 6.45) is 2.04. The lowest BCUT2D eigenvalue weighted by Crippen LogP contribution is -2.02. The van der Waals surface area contributed by atoms with Crippen LogP contribution < -0.4 is 9.47 Å². The Labute approximate surface area is 195 Å². The number of aryl methyl sites for hydroxylation is 1. The van der Waals surface area contributed by atoms with E-state index in [0.29, 0.717) is 38.5 Å². The minimum atomic E-state index is -1.13. The maximum atomic E-state index is 13.9. The highest BCUT2D eigenvalue weighted by Crippen LogP contribution is 2.36. The number of hydrogen-bond acceptors (Lipinski definition) is 7. The first-order valence-electron chi connectivity index (χ1n) is 9.10. The van der Waals surface area contributed by atoms with Gasteiger partial charge in [0.2, 0.25) is 5.89 Å². The van der Waals surface area contributed by atoms with Gasteiger partial charge in [0.15, 0.2) is 11.5 Å². The van der Waals surface area contributed by atoms with Crippen LogP contribution in [0.4, 0.5) is 4.39 Å². The number of ether oxygens (including phenoxy) is 2. The van der Waals surface area contributed by atoms with Crippen LogP contribution in [0.15, 0.2) is 50.9 Å². The van der Waals surface area contributed by atoms with Crippen LogP contribution in [0, 0.1) is 9.39 Å². The van der Waals surface area contributed by atoms with E-state index in [-0.39, 0.29) is 22.6 Å². The first kappa shape index (κ1) is 23.1. The van der Waals surface area contributed by atoms with Gasteiger partial charge in [0.1, 0.15) is 17.3 Å². The zero-order valence-electron chi connectivity index (χ0n) is 16.6. The van der Waals surface area contributed by atoms with Gasteiger partial charge in [0.25, 0.3) is 5.22 Å². The zero-order chi connectivity index (χ0) is 22.4. The standard InChI is InChI=1S/C21H18FIN2O5S/c1-3-18-24-25-21(30-18)31-17(20(26)27)10-12-8-15(23)19(16(9-12)28-2)29-11-13-6-4-5-7-14(13)22/h4-10H,3,11H2,1-2H3,(H,26,27)/b17-10-. The molecule has 0 saturated heterocycles. The molecule has 0 radical (unpaired) electrons. The van der Waals surface area contributed by atoms with Gasteiger partial charge in [-0.2, -0.15) is 0 Å². The fourth-order valence-corrected chi connectivity index (χ4v) is 4.00. The second kappa shape index (κ2) is 10.6. The molecular formula is C21H18FIN2O5S. The molecule has 1 heterocycles. The first-order valence-corrected chi connectivity index (χ1v) is 11.0. The molecule has 7 nitrogen and oxygen atoms in total. The van der Waals surface area contributed by atoms with E-state index in [1.54, 1.807) is 30.3 Å². The van der Waals surface area contributed by atoms with Crippen molar-refractivity contribution in [2.45, 2.75) is 25.2 Å². The molecule has 3 rings (SSSR count). The number of methoxy groups -OCH3 is 1. The summed E-state index contributed by atoms with van der Waals surface area (Å²) in [6.45, 7) is 1.89. The predicted octanol–water partition coefficient (Wildman–Crippen LogP) is 5.18. The summed E-state index contributed by atoms with van der Waals surface area (Å²) in [5.41, 5.74) is 1.000. The van der Waals surface area contributed by atoms with Crippen molar-refractivity contribution in [1.29, 1.82) is 0 Å². The van der Waals surface area contributed by atoms with E-state index >= 15 is 0 Å². The van der Waals surface area contributed by atoms with Gasteiger partial charge in [-0.15, -0.1) is 10.2 Å². The van der Waals surface area contributed by atoms with E-state index in [4.69, 9.17) is 13.9 Å². The van der Waals surface area contributed by atoms with Crippen LogP contribution >= 0.6 is 34.4 Å². The van der Waals surface area contributed by atoms with Crippen molar-refractivity contribution in [1.82, 2.24) is 10.2 Å². The van der Waals surface area contributed by atoms with E-state index in [1.165, 1.54) is 19.3 Å². The minimum Gasteiger partial charge on any atom is -0.493 e. The fraction of sp³-hybridized carbons (Fsp3) is 0.190. The second-order valence-corrected chi connectivity index (χ2v) is 8.30. The Kier molecular flexibility index (Phi) is 7.91. The maximum Gasteiger partial charge on any atom is 0.342 e. The number of thioether (sulfide) groups is 1. The quantitative estimate of drug-likeness (QED) is 0.219. The molecule has 1 N–H and O–H groups in total. The number of halogens is 2. The molecule has 0 spiro atoms. The normalized spacial score (nSPS) is 11.4. The fourth-order valence-electron chi connectivity index (χ4n) is 2.53. The van der Waals surface area contributed by atoms with E-state index in [2.05, 4.69) is 32.8 Å². The molecule has 3 aromatic rings. The summed E-state index contributed by atoms with van der Waals surface area (Å²) < 4.78 is 31.1. The van der Waals surface area contributed by atoms with Crippen LogP contribution in [0.1, 0.15) is 23.9 Å². The van der Waals surface area contributed by atoms with Gasteiger partial charge in [0.05, 0.1) is 10.7 Å². The number of rotatable bonds is 9. The first-order chi connectivity index (χ1) is 14.9. The van der Waals surface area contributed by atoms with Gasteiger partial charge in [-0.25, -0.2) is 9.18 Å². The zero-order valence-corrected chi connectivity index (χ0v) is 19.6. The largest absolute Gasteiger partial charge is 0.493 e. The monoisotopic (exact) mass is 556 g/mol. The lowest BCUT2D eigenvalue weighted by Gasteiger charge is -2.14. The van der Waals surface area contributed by atoms with Crippen molar-refractivity contribution < 1.29 is 28.2 Å². The molecule has 2 aromatic carbocycles. The Hall–Kier alpha value is -2.60. The number of hydrogen-bond donors (Lipinski definition) is 1. The number of carbonyl (C=O) groups is 1. The lowest BCUT2D eigenvalue weighted by molar-refractivity contribution is -0.131. The van der Waals surface area contributed by atoms with Crippen molar-refractivity contribution in [2.75, 3.05) is 7.11 Å². The van der Waals surface area contributed by atoms with Crippen LogP contribution in [0.2, 0.25) is 0 Å². The Morgan fingerprint density at radius 3 is 2.74 bits per heavy atom. The Bertz CT molecular complexity index is 1120. The summed E-state index contributed by atoms with van der Waals surface area (Å²) in [5, 5.41) is 17.4. The van der Waals surface area contributed by atoms with E-state index in [0.717, 1.165) is 11.8 Å². The molecule has 162 valence electrons. The number of aromatic nitrogens is 2. The third kappa shape index (κ3) is 5.97. The summed E-state index contributed by atoms with van der Waals surface area (Å²) >= 11 is 2.92. The molecule has 0 aliphatic rings. The summed E-state index contributed by atoms with van der Waals surface area (Å²) in [4.78, 5) is 11.7. The summed E-state index contributed by atoms with van der Waals surface area (Å²) in [6, 6.07) is 9.74. The van der Waals surface area contributed by atoms with Crippen LogP contribution in [-0.2, 0) is 17.8 Å². The molecule has 0 aliphatic heterocycles. The van der Waals surface area contributed by atoms with E-state index in [9.17, 15) is 14.3 Å². The molecular weight excluding hydrogens is 538 g/mol. The van der Waals surface area contributed by atoms with Crippen molar-refractivity contribution >= 4 is 46.4 Å². The molecule has 0 aliphatic carbocycles. The SMILES string of the molecule is CCc1nnc(S/C(=C\c2cc(I)c(OCc3ccccc3F)c(OC)c2)C(=O)O)o1. The Balaban J connectivity index is 1.86. The van der Waals surface area contributed by atoms with Crippen LogP contribution in [-0.4, -0.2) is 28.4 Å². The number of nitrogens with zero attached hydrogens (tertiary/aromatic N) is 2. The van der Waals surface area contributed by atoms with Crippen molar-refractivity contribution in [2.24, 2.45) is 0 Å². The molecule has 1 aromatic heterocycles. The number of benzene rings is 2. The maximum absolute atomic E-state index is 13.9. The average Bonchev–Trinajstić information content (AvgIpc) is 3.21. The number of carboxylic acid groups (broad SMARTS) is 1. The molecule has 0 bridgehead atoms. The van der Waals surface area contributed by atoms with Crippen LogP contribution in [0.5, 0.6) is 11.5 Å². The highest BCUT2D eigenvalue weighted by Gasteiger charge is 2.17. The average molecular weight is 556 g/mol. The van der Waals surface area contributed by atoms with Crippen molar-refractivity contribution in [3.8, 4) is 11.5 Å². The summed E-state index contributed by atoms with van der Waals surface area (Å²) in [7, 11) is 1.48. The topological polar surface area (TPSA) is 94.7 Å². The lowest BCUT2D eigenvalue weighted by atomic mass is 10.2. The minimum absolute atomic E-state index is 0.00387. The van der Waals surface area contributed by atoms with Crippen molar-refractivity contribution in [3.05, 3.63) is 67.7 Å². The van der Waals surface area contributed by atoms with Gasteiger partial charge >= 0.3 is 5.97 Å². The highest BCUT2D eigenvalue weighted by molar-refractivity contribution is 14.1. The molecule has 0 amide bonds. The second-order valence-electron chi connectivity index (χ2n) is 6.15. The molecule has 10 heteroatoms. The highest BCUT2D eigenvalue weighted by atomic mass is 127. The smallest absolute Gasteiger partial charge is 0.342 e. The number of carboxylic acids is 1. The Morgan fingerprint density at radius 2 is 2.10 bits per heavy atom. The van der Waals surface area contributed by atoms with Gasteiger partial charge in [-0.3, -0.25) is 0 Å². The number of aliphatic carboxylic acids is 1. The molecule has 0 saturated carbocycles. The molecule has 0 fully saturated rings. The third-order valence-corrected chi connectivity index (χ3v) is 5.69. The van der Waals surface area contributed by atoms with Crippen LogP contribution in [0.3, 0.4) is 0 Å². The van der Waals surface area contributed by atoms with Gasteiger partial charge in [-0.1, -0.05) is 25.1 Å². The van der Waals surface area contributed by atoms with Crippen LogP contribution in [0.25, 0.3) is 6.08 Å². The Morgan fingerprint density at radius 1 is 1.32 bits per heavy atom. The molecule has 0 unspecified atom stereocenters. The summed E-state index contributed by atoms with van der Waals surface area (Å²) in [5.74, 6) is -0.214. The van der Waals surface area contributed by atoms with Crippen molar-refractivity contribution in [3.63, 3.8) is 0 Å². The van der Waals surface area contributed by atoms with Gasteiger partial charge < -0.3 is 19.0 Å². The molecule has 0 atom stereocenters. The van der Waals surface area contributed by atoms with E-state index < -0.39 is 5.97 Å².